The minimum atomic E-state index is 0.733. The minimum Gasteiger partial charge on any atom is -0.493 e. The van der Waals surface area contributed by atoms with Crippen molar-refractivity contribution in [3.63, 3.8) is 0 Å². The quantitative estimate of drug-likeness (QED) is 0.471. The fourth-order valence-electron chi connectivity index (χ4n) is 2.94. The molecule has 7 heteroatoms. The van der Waals surface area contributed by atoms with Gasteiger partial charge in [0.1, 0.15) is 0 Å². The van der Waals surface area contributed by atoms with Gasteiger partial charge in [0.2, 0.25) is 0 Å². The molecular formula is C22H31N3O4. The van der Waals surface area contributed by atoms with Gasteiger partial charge in [-0.25, -0.2) is 0 Å². The number of hydrogen-bond acceptors (Lipinski definition) is 5. The molecule has 2 rings (SSSR count). The number of nitrogens with one attached hydrogen (secondary N) is 2. The lowest BCUT2D eigenvalue weighted by atomic mass is 10.1. The van der Waals surface area contributed by atoms with Crippen LogP contribution in [0.15, 0.2) is 41.4 Å². The van der Waals surface area contributed by atoms with Crippen LogP contribution in [0.5, 0.6) is 23.0 Å². The van der Waals surface area contributed by atoms with Crippen LogP contribution >= 0.6 is 0 Å². The Morgan fingerprint density at radius 2 is 1.10 bits per heavy atom. The van der Waals surface area contributed by atoms with E-state index < -0.39 is 0 Å². The van der Waals surface area contributed by atoms with Gasteiger partial charge in [-0.1, -0.05) is 12.1 Å². The highest BCUT2D eigenvalue weighted by Gasteiger charge is 2.06. The molecule has 0 aliphatic carbocycles. The Morgan fingerprint density at radius 1 is 0.690 bits per heavy atom. The van der Waals surface area contributed by atoms with Crippen molar-refractivity contribution in [2.75, 3.05) is 48.6 Å². The average molecular weight is 402 g/mol. The molecule has 0 heterocycles. The molecule has 0 saturated carbocycles. The van der Waals surface area contributed by atoms with Crippen LogP contribution in [0.3, 0.4) is 0 Å². The van der Waals surface area contributed by atoms with Crippen LogP contribution in [0, 0.1) is 0 Å². The van der Waals surface area contributed by atoms with Crippen molar-refractivity contribution in [3.8, 4) is 23.0 Å². The van der Waals surface area contributed by atoms with Crippen molar-refractivity contribution in [2.45, 2.75) is 12.8 Å². The van der Waals surface area contributed by atoms with Gasteiger partial charge in [0, 0.05) is 20.1 Å². The van der Waals surface area contributed by atoms with Gasteiger partial charge in [0.25, 0.3) is 0 Å². The van der Waals surface area contributed by atoms with Gasteiger partial charge in [0.05, 0.1) is 28.4 Å². The Morgan fingerprint density at radius 3 is 1.45 bits per heavy atom. The van der Waals surface area contributed by atoms with E-state index in [1.165, 1.54) is 0 Å². The molecule has 2 aromatic rings. The fourth-order valence-corrected chi connectivity index (χ4v) is 2.94. The molecule has 0 bridgehead atoms. The van der Waals surface area contributed by atoms with Gasteiger partial charge >= 0.3 is 0 Å². The predicted octanol–water partition coefficient (Wildman–Crippen LogP) is 2.67. The van der Waals surface area contributed by atoms with Crippen LogP contribution in [0.4, 0.5) is 0 Å². The molecular weight excluding hydrogens is 370 g/mol. The summed E-state index contributed by atoms with van der Waals surface area (Å²) in [5, 5.41) is 6.67. The van der Waals surface area contributed by atoms with Crippen molar-refractivity contribution >= 4 is 5.96 Å². The fraction of sp³-hybridized carbons (Fsp3) is 0.409. The van der Waals surface area contributed by atoms with E-state index in [1.54, 1.807) is 35.5 Å². The molecule has 0 radical (unpaired) electrons. The Balaban J connectivity index is 1.80. The SMILES string of the molecule is CN=C(NCCc1ccc(OC)c(OC)c1)NCCc1ccc(OC)c(OC)c1. The van der Waals surface area contributed by atoms with Gasteiger partial charge in [0.15, 0.2) is 29.0 Å². The highest BCUT2D eigenvalue weighted by molar-refractivity contribution is 5.79. The zero-order chi connectivity index (χ0) is 21.1. The van der Waals surface area contributed by atoms with Crippen molar-refractivity contribution in [1.82, 2.24) is 10.6 Å². The lowest BCUT2D eigenvalue weighted by Crippen LogP contribution is -2.39. The Kier molecular flexibility index (Phi) is 8.95. The Hall–Kier alpha value is -3.09. The summed E-state index contributed by atoms with van der Waals surface area (Å²) in [6, 6.07) is 11.9. The lowest BCUT2D eigenvalue weighted by molar-refractivity contribution is 0.354. The van der Waals surface area contributed by atoms with Gasteiger partial charge in [-0.2, -0.15) is 0 Å². The number of hydrogen-bond donors (Lipinski definition) is 2. The van der Waals surface area contributed by atoms with Gasteiger partial charge < -0.3 is 29.6 Å². The first-order chi connectivity index (χ1) is 14.1. The van der Waals surface area contributed by atoms with Crippen molar-refractivity contribution < 1.29 is 18.9 Å². The number of rotatable bonds is 10. The molecule has 2 N–H and O–H groups in total. The lowest BCUT2D eigenvalue weighted by Gasteiger charge is -2.14. The second-order valence-corrected chi connectivity index (χ2v) is 6.30. The molecule has 0 amide bonds. The first-order valence-electron chi connectivity index (χ1n) is 9.51. The molecule has 0 spiro atoms. The molecule has 0 aromatic heterocycles. The monoisotopic (exact) mass is 401 g/mol. The van der Waals surface area contributed by atoms with Crippen LogP contribution in [-0.2, 0) is 12.8 Å². The summed E-state index contributed by atoms with van der Waals surface area (Å²) in [5.74, 6) is 3.71. The van der Waals surface area contributed by atoms with E-state index in [9.17, 15) is 0 Å². The zero-order valence-electron chi connectivity index (χ0n) is 17.9. The summed E-state index contributed by atoms with van der Waals surface area (Å²) in [7, 11) is 8.32. The normalized spacial score (nSPS) is 10.1. The summed E-state index contributed by atoms with van der Waals surface area (Å²) in [4.78, 5) is 4.28. The number of nitrogens with zero attached hydrogens (tertiary/aromatic N) is 1. The number of ether oxygens (including phenoxy) is 4. The molecule has 29 heavy (non-hydrogen) atoms. The molecule has 7 nitrogen and oxygen atoms in total. The molecule has 2 aromatic carbocycles. The summed E-state index contributed by atoms with van der Waals surface area (Å²) < 4.78 is 21.3. The standard InChI is InChI=1S/C22H31N3O4/c1-23-22(24-12-10-16-6-8-18(26-2)20(14-16)28-4)25-13-11-17-7-9-19(27-3)21(15-17)29-5/h6-9,14-15H,10-13H2,1-5H3,(H2,23,24,25). The van der Waals surface area contributed by atoms with E-state index in [0.29, 0.717) is 0 Å². The van der Waals surface area contributed by atoms with Gasteiger partial charge in [-0.15, -0.1) is 0 Å². The molecule has 0 saturated heterocycles. The van der Waals surface area contributed by atoms with E-state index in [2.05, 4.69) is 15.6 Å². The highest BCUT2D eigenvalue weighted by Crippen LogP contribution is 2.28. The van der Waals surface area contributed by atoms with E-state index in [-0.39, 0.29) is 0 Å². The maximum atomic E-state index is 5.35. The predicted molar refractivity (Wildman–Crippen MR) is 116 cm³/mol. The van der Waals surface area contributed by atoms with Crippen molar-refractivity contribution in [1.29, 1.82) is 0 Å². The summed E-state index contributed by atoms with van der Waals surface area (Å²) in [6.45, 7) is 1.51. The van der Waals surface area contributed by atoms with Crippen LogP contribution in [-0.4, -0.2) is 54.5 Å². The maximum absolute atomic E-state index is 5.35. The van der Waals surface area contributed by atoms with Crippen LogP contribution in [0.2, 0.25) is 0 Å². The number of aliphatic imine (C=N–C) groups is 1. The Bertz CT molecular complexity index is 745. The number of methoxy groups -OCH3 is 4. The zero-order valence-corrected chi connectivity index (χ0v) is 17.9. The second kappa shape index (κ2) is 11.7. The van der Waals surface area contributed by atoms with Crippen LogP contribution < -0.4 is 29.6 Å². The molecule has 0 aliphatic heterocycles. The summed E-state index contributed by atoms with van der Waals surface area (Å²) in [5.41, 5.74) is 2.33. The topological polar surface area (TPSA) is 73.3 Å². The molecule has 0 aliphatic rings. The largest absolute Gasteiger partial charge is 0.493 e. The van der Waals surface area contributed by atoms with Gasteiger partial charge in [-0.05, 0) is 48.2 Å². The molecule has 0 atom stereocenters. The van der Waals surface area contributed by atoms with Crippen molar-refractivity contribution in [2.24, 2.45) is 4.99 Å². The van der Waals surface area contributed by atoms with Gasteiger partial charge in [-0.3, -0.25) is 4.99 Å². The average Bonchev–Trinajstić information content (AvgIpc) is 2.77. The van der Waals surface area contributed by atoms with Crippen LogP contribution in [0.1, 0.15) is 11.1 Å². The Labute approximate surface area is 173 Å². The van der Waals surface area contributed by atoms with Crippen LogP contribution in [0.25, 0.3) is 0 Å². The second-order valence-electron chi connectivity index (χ2n) is 6.30. The minimum absolute atomic E-state index is 0.733. The molecule has 0 fully saturated rings. The maximum Gasteiger partial charge on any atom is 0.190 e. The summed E-state index contributed by atoms with van der Waals surface area (Å²) >= 11 is 0. The highest BCUT2D eigenvalue weighted by atomic mass is 16.5. The van der Waals surface area contributed by atoms with E-state index in [4.69, 9.17) is 18.9 Å². The number of benzene rings is 2. The van der Waals surface area contributed by atoms with E-state index in [1.807, 2.05) is 36.4 Å². The molecule has 0 unspecified atom stereocenters. The third-order valence-corrected chi connectivity index (χ3v) is 4.53. The van der Waals surface area contributed by atoms with Crippen molar-refractivity contribution in [3.05, 3.63) is 47.5 Å². The molecule has 158 valence electrons. The first kappa shape index (κ1) is 22.2. The smallest absolute Gasteiger partial charge is 0.190 e. The van der Waals surface area contributed by atoms with E-state index >= 15 is 0 Å². The summed E-state index contributed by atoms with van der Waals surface area (Å²) in [6.07, 6.45) is 1.69. The number of guanidine groups is 1. The third kappa shape index (κ3) is 6.48. The first-order valence-corrected chi connectivity index (χ1v) is 9.51. The van der Waals surface area contributed by atoms with E-state index in [0.717, 1.165) is 66.0 Å². The third-order valence-electron chi connectivity index (χ3n) is 4.53.